The number of methoxy groups -OCH3 is 1. The van der Waals surface area contributed by atoms with Crippen LogP contribution >= 0.6 is 0 Å². The van der Waals surface area contributed by atoms with Crippen LogP contribution in [0, 0.1) is 5.92 Å². The van der Waals surface area contributed by atoms with Gasteiger partial charge in [0.25, 0.3) is 0 Å². The van der Waals surface area contributed by atoms with Crippen molar-refractivity contribution in [3.05, 3.63) is 42.4 Å². The summed E-state index contributed by atoms with van der Waals surface area (Å²) in [6, 6.07) is 9.28. The van der Waals surface area contributed by atoms with Crippen molar-refractivity contribution in [2.24, 2.45) is 5.92 Å². The quantitative estimate of drug-likeness (QED) is 0.361. The van der Waals surface area contributed by atoms with E-state index in [-0.39, 0.29) is 23.5 Å². The van der Waals surface area contributed by atoms with Crippen molar-refractivity contribution in [1.29, 1.82) is 0 Å². The zero-order chi connectivity index (χ0) is 26.4. The fourth-order valence-corrected chi connectivity index (χ4v) is 4.48. The molecular formula is C28H34N4O5. The van der Waals surface area contributed by atoms with E-state index in [1.54, 1.807) is 18.2 Å². The standard InChI is InChI=1S/C28H34N4O5/c1-4-21(34)11-6-5-7-13-24(30-26(35)20-16-32(17-20)18(2)33)28-29-15-25(37-28)22-14-19-10-8-9-12-23(19)31-27(22)36-3/h8-10,12,14-15,20,24H,4-7,11,13,16-17H2,1-3H3,(H,30,35). The molecule has 0 aliphatic carbocycles. The van der Waals surface area contributed by atoms with Crippen molar-refractivity contribution in [3.8, 4) is 17.2 Å². The lowest BCUT2D eigenvalue weighted by Gasteiger charge is -2.38. The van der Waals surface area contributed by atoms with Crippen molar-refractivity contribution >= 4 is 28.5 Å². The highest BCUT2D eigenvalue weighted by Crippen LogP contribution is 2.34. The number of ketones is 1. The average Bonchev–Trinajstić information content (AvgIpc) is 3.35. The Morgan fingerprint density at radius 3 is 2.70 bits per heavy atom. The molecule has 1 atom stereocenters. The number of oxazole rings is 1. The molecule has 9 nitrogen and oxygen atoms in total. The van der Waals surface area contributed by atoms with E-state index in [1.807, 2.05) is 37.3 Å². The number of pyridine rings is 1. The first-order valence-corrected chi connectivity index (χ1v) is 12.9. The molecule has 0 spiro atoms. The molecule has 0 bridgehead atoms. The van der Waals surface area contributed by atoms with E-state index < -0.39 is 6.04 Å². The highest BCUT2D eigenvalue weighted by atomic mass is 16.5. The highest BCUT2D eigenvalue weighted by molar-refractivity contribution is 5.85. The van der Waals surface area contributed by atoms with Gasteiger partial charge >= 0.3 is 0 Å². The zero-order valence-electron chi connectivity index (χ0n) is 21.7. The van der Waals surface area contributed by atoms with E-state index in [0.717, 1.165) is 30.2 Å². The molecule has 1 aliphatic heterocycles. The topological polar surface area (TPSA) is 115 Å². The van der Waals surface area contributed by atoms with Gasteiger partial charge in [0, 0.05) is 38.2 Å². The van der Waals surface area contributed by atoms with E-state index in [1.165, 1.54) is 6.92 Å². The first-order valence-electron chi connectivity index (χ1n) is 12.9. The number of amides is 2. The van der Waals surface area contributed by atoms with Crippen LogP contribution in [0.1, 0.15) is 64.3 Å². The summed E-state index contributed by atoms with van der Waals surface area (Å²) in [5.74, 6) is 1.22. The van der Waals surface area contributed by atoms with Crippen molar-refractivity contribution in [2.45, 2.75) is 58.4 Å². The molecule has 9 heteroatoms. The maximum Gasteiger partial charge on any atom is 0.227 e. The summed E-state index contributed by atoms with van der Waals surface area (Å²) >= 11 is 0. The van der Waals surface area contributed by atoms with Gasteiger partial charge in [0.15, 0.2) is 5.76 Å². The number of nitrogens with zero attached hydrogens (tertiary/aromatic N) is 3. The van der Waals surface area contributed by atoms with E-state index >= 15 is 0 Å². The van der Waals surface area contributed by atoms with Crippen molar-refractivity contribution in [3.63, 3.8) is 0 Å². The minimum absolute atomic E-state index is 0.0301. The van der Waals surface area contributed by atoms with Gasteiger partial charge in [0.1, 0.15) is 11.8 Å². The van der Waals surface area contributed by atoms with Crippen LogP contribution in [0.5, 0.6) is 5.88 Å². The van der Waals surface area contributed by atoms with E-state index in [9.17, 15) is 14.4 Å². The maximum atomic E-state index is 12.9. The van der Waals surface area contributed by atoms with Gasteiger partial charge in [-0.25, -0.2) is 9.97 Å². The lowest BCUT2D eigenvalue weighted by molar-refractivity contribution is -0.141. The van der Waals surface area contributed by atoms with Crippen LogP contribution in [-0.4, -0.2) is 52.7 Å². The Kier molecular flexibility index (Phi) is 8.53. The Balaban J connectivity index is 1.50. The molecule has 2 aromatic heterocycles. The van der Waals surface area contributed by atoms with Gasteiger partial charge in [0.2, 0.25) is 23.6 Å². The van der Waals surface area contributed by atoms with Crippen LogP contribution < -0.4 is 10.1 Å². The fourth-order valence-electron chi connectivity index (χ4n) is 4.48. The number of carbonyl (C=O) groups excluding carboxylic acids is 3. The Hall–Kier alpha value is -3.75. The van der Waals surface area contributed by atoms with Gasteiger partial charge in [-0.05, 0) is 25.0 Å². The first kappa shape index (κ1) is 26.3. The van der Waals surface area contributed by atoms with E-state index in [0.29, 0.717) is 55.4 Å². The molecule has 2 amide bonds. The largest absolute Gasteiger partial charge is 0.480 e. The Labute approximate surface area is 216 Å². The molecule has 1 aliphatic rings. The first-order chi connectivity index (χ1) is 17.9. The number of carbonyl (C=O) groups is 3. The molecule has 1 fully saturated rings. The Morgan fingerprint density at radius 2 is 1.97 bits per heavy atom. The highest BCUT2D eigenvalue weighted by Gasteiger charge is 2.35. The normalized spacial score (nSPS) is 14.3. The van der Waals surface area contributed by atoms with Gasteiger partial charge in [-0.1, -0.05) is 38.0 Å². The summed E-state index contributed by atoms with van der Waals surface area (Å²) in [7, 11) is 1.56. The second-order valence-electron chi connectivity index (χ2n) is 9.47. The number of hydrogen-bond acceptors (Lipinski definition) is 7. The second-order valence-corrected chi connectivity index (χ2v) is 9.47. The van der Waals surface area contributed by atoms with Crippen LogP contribution in [0.4, 0.5) is 0 Å². The zero-order valence-corrected chi connectivity index (χ0v) is 21.7. The summed E-state index contributed by atoms with van der Waals surface area (Å²) in [5.41, 5.74) is 1.49. The van der Waals surface area contributed by atoms with Crippen molar-refractivity contribution in [2.75, 3.05) is 20.2 Å². The van der Waals surface area contributed by atoms with Gasteiger partial charge in [-0.15, -0.1) is 0 Å². The molecule has 1 aromatic carbocycles. The number of likely N-dealkylation sites (tertiary alicyclic amines) is 1. The SMILES string of the molecule is CCC(=O)CCCCCC(NC(=O)C1CN(C(C)=O)C1)c1ncc(-c2cc3ccccc3nc2OC)o1. The molecule has 4 rings (SSSR count). The number of aromatic nitrogens is 2. The van der Waals surface area contributed by atoms with Gasteiger partial charge in [0.05, 0.1) is 30.3 Å². The van der Waals surface area contributed by atoms with Crippen LogP contribution in [0.15, 0.2) is 40.9 Å². The molecule has 0 radical (unpaired) electrons. The minimum Gasteiger partial charge on any atom is -0.480 e. The smallest absolute Gasteiger partial charge is 0.227 e. The van der Waals surface area contributed by atoms with E-state index in [4.69, 9.17) is 9.15 Å². The summed E-state index contributed by atoms with van der Waals surface area (Å²) in [4.78, 5) is 46.8. The van der Waals surface area contributed by atoms with Crippen LogP contribution in [0.25, 0.3) is 22.2 Å². The lowest BCUT2D eigenvalue weighted by Crippen LogP contribution is -2.55. The summed E-state index contributed by atoms with van der Waals surface area (Å²) in [6.45, 7) is 4.22. The number of benzene rings is 1. The van der Waals surface area contributed by atoms with E-state index in [2.05, 4.69) is 15.3 Å². The second kappa shape index (κ2) is 12.0. The number of ether oxygens (including phenoxy) is 1. The van der Waals surface area contributed by atoms with Crippen LogP contribution in [0.2, 0.25) is 0 Å². The van der Waals surface area contributed by atoms with Gasteiger partial charge in [-0.3, -0.25) is 14.4 Å². The monoisotopic (exact) mass is 506 g/mol. The predicted molar refractivity (Wildman–Crippen MR) is 139 cm³/mol. The number of nitrogens with one attached hydrogen (secondary N) is 1. The number of rotatable bonds is 12. The fraction of sp³-hybridized carbons (Fsp3) is 0.464. The number of hydrogen-bond donors (Lipinski definition) is 1. The molecular weight excluding hydrogens is 472 g/mol. The van der Waals surface area contributed by atoms with Crippen molar-refractivity contribution in [1.82, 2.24) is 20.2 Å². The molecule has 3 aromatic rings. The Morgan fingerprint density at radius 1 is 1.19 bits per heavy atom. The van der Waals surface area contributed by atoms with Crippen molar-refractivity contribution < 1.29 is 23.5 Å². The summed E-state index contributed by atoms with van der Waals surface area (Å²) < 4.78 is 11.7. The molecule has 1 saturated heterocycles. The van der Waals surface area contributed by atoms with Crippen LogP contribution in [-0.2, 0) is 14.4 Å². The van der Waals surface area contributed by atoms with Gasteiger partial charge < -0.3 is 19.4 Å². The number of para-hydroxylation sites is 1. The number of unbranched alkanes of at least 4 members (excludes halogenated alkanes) is 2. The molecule has 1 N–H and O–H groups in total. The lowest BCUT2D eigenvalue weighted by atomic mass is 9.98. The number of Topliss-reactive ketones (excluding diaryl/α,β-unsaturated/α-hetero) is 1. The third kappa shape index (κ3) is 6.34. The maximum absolute atomic E-state index is 12.9. The molecule has 196 valence electrons. The third-order valence-electron chi connectivity index (χ3n) is 6.83. The molecule has 37 heavy (non-hydrogen) atoms. The van der Waals surface area contributed by atoms with Crippen LogP contribution in [0.3, 0.4) is 0 Å². The number of fused-ring (bicyclic) bond motifs is 1. The molecule has 1 unspecified atom stereocenters. The Bertz CT molecular complexity index is 1260. The molecule has 3 heterocycles. The summed E-state index contributed by atoms with van der Waals surface area (Å²) in [6.07, 6.45) is 5.89. The third-order valence-corrected chi connectivity index (χ3v) is 6.83. The van der Waals surface area contributed by atoms with Gasteiger partial charge in [-0.2, -0.15) is 0 Å². The summed E-state index contributed by atoms with van der Waals surface area (Å²) in [5, 5.41) is 4.03. The average molecular weight is 507 g/mol. The molecule has 0 saturated carbocycles. The minimum atomic E-state index is -0.422. The predicted octanol–water partition coefficient (Wildman–Crippen LogP) is 4.46.